The summed E-state index contributed by atoms with van der Waals surface area (Å²) in [5.74, 6) is 0.465. The first kappa shape index (κ1) is 37.4. The molecule has 0 aliphatic heterocycles. The Bertz CT molecular complexity index is 4600. The van der Waals surface area contributed by atoms with Gasteiger partial charge in [-0.05, 0) is 127 Å². The molecule has 10 aromatic carbocycles. The van der Waals surface area contributed by atoms with Crippen LogP contribution < -0.4 is 9.80 Å². The number of benzene rings is 10. The van der Waals surface area contributed by atoms with E-state index in [1.165, 1.54) is 0 Å². The molecule has 0 fully saturated rings. The molecule has 0 unspecified atom stereocenters. The van der Waals surface area contributed by atoms with E-state index < -0.39 is 0 Å². The molecular formula is C62H34N2O6. The normalized spacial score (nSPS) is 12.3. The average Bonchev–Trinajstić information content (AvgIpc) is 4.26. The number of anilines is 6. The molecule has 8 nitrogen and oxygen atoms in total. The molecule has 0 bridgehead atoms. The molecule has 0 aliphatic carbocycles. The third kappa shape index (κ3) is 5.41. The zero-order valence-electron chi connectivity index (χ0n) is 37.0. The van der Waals surface area contributed by atoms with E-state index in [1.807, 2.05) is 66.7 Å². The maximum atomic E-state index is 6.70. The van der Waals surface area contributed by atoms with Gasteiger partial charge in [-0.1, -0.05) is 72.8 Å². The SMILES string of the molecule is c1ccc2c(c1)oc1ccc(N(c3ccc4c(c3)oc3oc5ccc(N(c6ccc7oc8ccccc8c7c6)c6ccc7oc8ccccc8c7c6)cc5c34)c3ccc4oc5ccccc5c4c3)cc12. The highest BCUT2D eigenvalue weighted by atomic mass is 16.5. The van der Waals surface area contributed by atoms with Crippen LogP contribution in [0.2, 0.25) is 0 Å². The number of furan rings is 6. The van der Waals surface area contributed by atoms with Crippen LogP contribution in [0.15, 0.2) is 233 Å². The maximum absolute atomic E-state index is 6.70. The lowest BCUT2D eigenvalue weighted by molar-refractivity contribution is 0.524. The molecule has 0 saturated carbocycles. The minimum atomic E-state index is 0.465. The van der Waals surface area contributed by atoms with E-state index in [9.17, 15) is 0 Å². The number of hydrogen-bond acceptors (Lipinski definition) is 8. The molecule has 0 saturated heterocycles. The summed E-state index contributed by atoms with van der Waals surface area (Å²) in [4.78, 5) is 4.56. The standard InChI is InChI=1S/C62H34N2O6/c1-5-13-51-41(9-1)46-29-35(18-24-55(46)65-51)63(36-19-25-56-47(30-36)42-10-2-6-14-52(42)66-56)39-22-28-59-50(33-39)61-45-23-17-40(34-60(45)70-62(61)69-59)64(37-20-26-57-48(31-37)43-11-3-7-15-53(43)67-57)38-21-27-58-49(32-38)44-12-4-8-16-54(44)68-58/h1-34H. The van der Waals surface area contributed by atoms with Gasteiger partial charge in [0.25, 0.3) is 5.78 Å². The van der Waals surface area contributed by atoms with E-state index in [0.29, 0.717) is 11.4 Å². The topological polar surface area (TPSA) is 85.3 Å². The second kappa shape index (κ2) is 13.9. The number of hydrogen-bond donors (Lipinski definition) is 0. The van der Waals surface area contributed by atoms with Gasteiger partial charge in [0.15, 0.2) is 0 Å². The Morgan fingerprint density at radius 2 is 0.486 bits per heavy atom. The van der Waals surface area contributed by atoms with Crippen LogP contribution >= 0.6 is 0 Å². The van der Waals surface area contributed by atoms with Crippen LogP contribution in [0.4, 0.5) is 34.1 Å². The van der Waals surface area contributed by atoms with Gasteiger partial charge in [0.1, 0.15) is 55.8 Å². The fourth-order valence-electron chi connectivity index (χ4n) is 10.9. The van der Waals surface area contributed by atoms with Gasteiger partial charge in [0.2, 0.25) is 0 Å². The van der Waals surface area contributed by atoms with Gasteiger partial charge < -0.3 is 36.3 Å². The van der Waals surface area contributed by atoms with Crippen molar-refractivity contribution in [3.05, 3.63) is 206 Å². The second-order valence-electron chi connectivity index (χ2n) is 18.0. The molecule has 328 valence electrons. The van der Waals surface area contributed by atoms with Gasteiger partial charge in [0, 0.05) is 94.1 Å². The quantitative estimate of drug-likeness (QED) is 0.163. The summed E-state index contributed by atoms with van der Waals surface area (Å²) in [6.45, 7) is 0. The number of para-hydroxylation sites is 4. The Labute approximate surface area is 395 Å². The van der Waals surface area contributed by atoms with E-state index in [1.54, 1.807) is 0 Å². The Morgan fingerprint density at radius 1 is 0.200 bits per heavy atom. The van der Waals surface area contributed by atoms with Crippen LogP contribution in [0.3, 0.4) is 0 Å². The molecule has 0 N–H and O–H groups in total. The molecule has 0 radical (unpaired) electrons. The molecular weight excluding hydrogens is 869 g/mol. The number of rotatable bonds is 6. The van der Waals surface area contributed by atoms with Crippen molar-refractivity contribution in [3.8, 4) is 0 Å². The van der Waals surface area contributed by atoms with Crippen LogP contribution in [-0.4, -0.2) is 0 Å². The van der Waals surface area contributed by atoms with Crippen LogP contribution in [0, 0.1) is 0 Å². The van der Waals surface area contributed by atoms with Crippen molar-refractivity contribution in [1.29, 1.82) is 0 Å². The second-order valence-corrected chi connectivity index (χ2v) is 18.0. The Kier molecular flexibility index (Phi) is 7.46. The van der Waals surface area contributed by atoms with Crippen molar-refractivity contribution in [3.63, 3.8) is 0 Å². The zero-order chi connectivity index (χ0) is 45.6. The van der Waals surface area contributed by atoms with E-state index in [4.69, 9.17) is 26.5 Å². The van der Waals surface area contributed by atoms with E-state index in [2.05, 4.69) is 149 Å². The van der Waals surface area contributed by atoms with Crippen LogP contribution in [0.5, 0.6) is 0 Å². The van der Waals surface area contributed by atoms with Crippen molar-refractivity contribution in [2.45, 2.75) is 0 Å². The number of nitrogens with zero attached hydrogens (tertiary/aromatic N) is 2. The molecule has 6 heterocycles. The summed E-state index contributed by atoms with van der Waals surface area (Å²) < 4.78 is 38.4. The minimum Gasteiger partial charge on any atom is -0.456 e. The fraction of sp³-hybridized carbons (Fsp3) is 0. The third-order valence-electron chi connectivity index (χ3n) is 14.1. The molecule has 0 aliphatic rings. The predicted molar refractivity (Wildman–Crippen MR) is 282 cm³/mol. The molecule has 16 rings (SSSR count). The van der Waals surface area contributed by atoms with Gasteiger partial charge in [0.05, 0.1) is 5.39 Å². The summed E-state index contributed by atoms with van der Waals surface area (Å²) in [5.41, 5.74) is 14.0. The van der Waals surface area contributed by atoms with Crippen LogP contribution in [0.25, 0.3) is 121 Å². The van der Waals surface area contributed by atoms with Crippen molar-refractivity contribution >= 4 is 155 Å². The van der Waals surface area contributed by atoms with Crippen LogP contribution in [-0.2, 0) is 0 Å². The zero-order valence-corrected chi connectivity index (χ0v) is 37.0. The van der Waals surface area contributed by atoms with Gasteiger partial charge in [-0.2, -0.15) is 0 Å². The van der Waals surface area contributed by atoms with Gasteiger partial charge in [-0.3, -0.25) is 0 Å². The van der Waals surface area contributed by atoms with E-state index in [0.717, 1.165) is 144 Å². The average molecular weight is 903 g/mol. The maximum Gasteiger partial charge on any atom is 0.299 e. The highest BCUT2D eigenvalue weighted by molar-refractivity contribution is 6.19. The summed E-state index contributed by atoms with van der Waals surface area (Å²) in [6, 6.07) is 71.1. The van der Waals surface area contributed by atoms with Crippen molar-refractivity contribution in [2.24, 2.45) is 0 Å². The Hall–Kier alpha value is -9.66. The van der Waals surface area contributed by atoms with Crippen molar-refractivity contribution < 1.29 is 26.5 Å². The molecule has 0 spiro atoms. The minimum absolute atomic E-state index is 0.465. The lowest BCUT2D eigenvalue weighted by atomic mass is 10.1. The molecule has 70 heavy (non-hydrogen) atoms. The summed E-state index contributed by atoms with van der Waals surface area (Å²) >= 11 is 0. The third-order valence-corrected chi connectivity index (χ3v) is 14.1. The molecule has 8 heteroatoms. The van der Waals surface area contributed by atoms with Crippen molar-refractivity contribution in [2.75, 3.05) is 9.80 Å². The highest BCUT2D eigenvalue weighted by Gasteiger charge is 2.24. The fourth-order valence-corrected chi connectivity index (χ4v) is 10.9. The monoisotopic (exact) mass is 902 g/mol. The first-order valence-electron chi connectivity index (χ1n) is 23.3. The molecule has 16 aromatic rings. The summed E-state index contributed by atoms with van der Waals surface area (Å²) in [5, 5.41) is 11.2. The van der Waals surface area contributed by atoms with Gasteiger partial charge >= 0.3 is 0 Å². The smallest absolute Gasteiger partial charge is 0.299 e. The largest absolute Gasteiger partial charge is 0.456 e. The predicted octanol–water partition coefficient (Wildman–Crippen LogP) is 18.9. The number of fused-ring (bicyclic) bond motifs is 17. The first-order valence-corrected chi connectivity index (χ1v) is 23.3. The van der Waals surface area contributed by atoms with Gasteiger partial charge in [-0.25, -0.2) is 0 Å². The molecule has 0 amide bonds. The Morgan fingerprint density at radius 3 is 0.871 bits per heavy atom. The Balaban J connectivity index is 0.875. The van der Waals surface area contributed by atoms with Gasteiger partial charge in [-0.15, -0.1) is 0 Å². The summed E-state index contributed by atoms with van der Waals surface area (Å²) in [6.07, 6.45) is 0. The lowest BCUT2D eigenvalue weighted by Crippen LogP contribution is -2.09. The summed E-state index contributed by atoms with van der Waals surface area (Å²) in [7, 11) is 0. The van der Waals surface area contributed by atoms with E-state index in [-0.39, 0.29) is 0 Å². The van der Waals surface area contributed by atoms with Crippen molar-refractivity contribution in [1.82, 2.24) is 0 Å². The highest BCUT2D eigenvalue weighted by Crippen LogP contribution is 2.47. The van der Waals surface area contributed by atoms with Crippen LogP contribution in [0.1, 0.15) is 0 Å². The first-order chi connectivity index (χ1) is 34.6. The molecule has 0 atom stereocenters. The lowest BCUT2D eigenvalue weighted by Gasteiger charge is -2.26. The van der Waals surface area contributed by atoms with E-state index >= 15 is 0 Å². The molecule has 6 aromatic heterocycles.